The maximum absolute atomic E-state index is 12.4. The standard InChI is InChI=1S/C18H17BrN2O3/c1-4-16(23)21(3)13-7-5-12(6-8-13)18(24)20-17-11(2)14(19)9-10-15(17)22/h4-10,22H,1H2,2-3H3,(H,20,24). The summed E-state index contributed by atoms with van der Waals surface area (Å²) in [6, 6.07) is 9.78. The van der Waals surface area contributed by atoms with Gasteiger partial charge in [0.05, 0.1) is 5.69 Å². The van der Waals surface area contributed by atoms with E-state index in [9.17, 15) is 14.7 Å². The van der Waals surface area contributed by atoms with Gasteiger partial charge >= 0.3 is 0 Å². The van der Waals surface area contributed by atoms with E-state index >= 15 is 0 Å². The van der Waals surface area contributed by atoms with Gasteiger partial charge in [0.25, 0.3) is 5.91 Å². The predicted molar refractivity (Wildman–Crippen MR) is 98.5 cm³/mol. The zero-order valence-corrected chi connectivity index (χ0v) is 14.9. The van der Waals surface area contributed by atoms with Crippen LogP contribution in [0.5, 0.6) is 5.75 Å². The normalized spacial score (nSPS) is 10.1. The quantitative estimate of drug-likeness (QED) is 0.616. The minimum absolute atomic E-state index is 0.00279. The molecule has 5 nitrogen and oxygen atoms in total. The maximum Gasteiger partial charge on any atom is 0.255 e. The molecule has 6 heteroatoms. The summed E-state index contributed by atoms with van der Waals surface area (Å²) in [5, 5.41) is 12.6. The molecule has 0 aliphatic heterocycles. The van der Waals surface area contributed by atoms with Gasteiger partial charge in [-0.15, -0.1) is 0 Å². The Hall–Kier alpha value is -2.60. The molecule has 0 saturated heterocycles. The van der Waals surface area contributed by atoms with E-state index in [1.165, 1.54) is 17.0 Å². The van der Waals surface area contributed by atoms with E-state index in [0.29, 0.717) is 16.9 Å². The van der Waals surface area contributed by atoms with E-state index in [-0.39, 0.29) is 17.6 Å². The number of hydrogen-bond donors (Lipinski definition) is 2. The van der Waals surface area contributed by atoms with Crippen LogP contribution < -0.4 is 10.2 Å². The van der Waals surface area contributed by atoms with E-state index in [2.05, 4.69) is 27.8 Å². The second-order valence-electron chi connectivity index (χ2n) is 5.17. The summed E-state index contributed by atoms with van der Waals surface area (Å²) in [5.41, 5.74) is 2.16. The molecule has 24 heavy (non-hydrogen) atoms. The number of hydrogen-bond acceptors (Lipinski definition) is 3. The number of nitrogens with zero attached hydrogens (tertiary/aromatic N) is 1. The molecule has 2 rings (SSSR count). The number of phenols is 1. The van der Waals surface area contributed by atoms with Crippen LogP contribution in [0.15, 0.2) is 53.5 Å². The molecule has 0 saturated carbocycles. The Morgan fingerprint density at radius 1 is 1.21 bits per heavy atom. The summed E-state index contributed by atoms with van der Waals surface area (Å²) in [6.45, 7) is 5.23. The number of nitrogens with one attached hydrogen (secondary N) is 1. The molecule has 0 radical (unpaired) electrons. The summed E-state index contributed by atoms with van der Waals surface area (Å²) in [7, 11) is 1.63. The van der Waals surface area contributed by atoms with Gasteiger partial charge in [-0.25, -0.2) is 0 Å². The monoisotopic (exact) mass is 388 g/mol. The molecule has 0 fully saturated rings. The Labute approximate surface area is 148 Å². The highest BCUT2D eigenvalue weighted by Gasteiger charge is 2.14. The minimum Gasteiger partial charge on any atom is -0.506 e. The summed E-state index contributed by atoms with van der Waals surface area (Å²) in [4.78, 5) is 25.4. The van der Waals surface area contributed by atoms with E-state index in [1.807, 2.05) is 0 Å². The molecule has 0 unspecified atom stereocenters. The number of amides is 2. The Morgan fingerprint density at radius 2 is 1.83 bits per heavy atom. The first-order valence-electron chi connectivity index (χ1n) is 7.14. The summed E-state index contributed by atoms with van der Waals surface area (Å²) in [6.07, 6.45) is 1.22. The maximum atomic E-state index is 12.4. The SMILES string of the molecule is C=CC(=O)N(C)c1ccc(C(=O)Nc2c(O)ccc(Br)c2C)cc1. The Morgan fingerprint density at radius 3 is 2.42 bits per heavy atom. The minimum atomic E-state index is -0.351. The van der Waals surface area contributed by atoms with Crippen LogP contribution in [0.3, 0.4) is 0 Å². The highest BCUT2D eigenvalue weighted by molar-refractivity contribution is 9.10. The molecular formula is C18H17BrN2O3. The van der Waals surface area contributed by atoms with Crippen molar-refractivity contribution in [3.8, 4) is 5.75 Å². The van der Waals surface area contributed by atoms with Gasteiger partial charge in [-0.3, -0.25) is 9.59 Å². The smallest absolute Gasteiger partial charge is 0.255 e. The van der Waals surface area contributed by atoms with Crippen molar-refractivity contribution in [1.82, 2.24) is 0 Å². The molecule has 0 aliphatic rings. The van der Waals surface area contributed by atoms with Crippen molar-refractivity contribution in [2.45, 2.75) is 6.92 Å². The van der Waals surface area contributed by atoms with Crippen molar-refractivity contribution in [1.29, 1.82) is 0 Å². The average Bonchev–Trinajstić information content (AvgIpc) is 2.60. The zero-order chi connectivity index (χ0) is 17.9. The fourth-order valence-corrected chi connectivity index (χ4v) is 2.45. The molecule has 0 aliphatic carbocycles. The number of phenolic OH excluding ortho intramolecular Hbond substituents is 1. The van der Waals surface area contributed by atoms with Crippen LogP contribution >= 0.6 is 15.9 Å². The van der Waals surface area contributed by atoms with Crippen LogP contribution in [-0.4, -0.2) is 24.0 Å². The number of anilines is 2. The van der Waals surface area contributed by atoms with Crippen LogP contribution in [-0.2, 0) is 4.79 Å². The fraction of sp³-hybridized carbons (Fsp3) is 0.111. The van der Waals surface area contributed by atoms with Crippen molar-refractivity contribution in [2.24, 2.45) is 0 Å². The van der Waals surface area contributed by atoms with Crippen LogP contribution in [0.1, 0.15) is 15.9 Å². The molecule has 2 aromatic rings. The fourth-order valence-electron chi connectivity index (χ4n) is 2.12. The first-order valence-corrected chi connectivity index (χ1v) is 7.94. The number of benzene rings is 2. The molecule has 0 aromatic heterocycles. The Balaban J connectivity index is 2.21. The summed E-state index contributed by atoms with van der Waals surface area (Å²) >= 11 is 3.36. The number of halogens is 1. The van der Waals surface area contributed by atoms with Gasteiger partial charge in [-0.1, -0.05) is 22.5 Å². The van der Waals surface area contributed by atoms with Crippen molar-refractivity contribution in [3.63, 3.8) is 0 Å². The highest BCUT2D eigenvalue weighted by Crippen LogP contribution is 2.32. The predicted octanol–water partition coefficient (Wildman–Crippen LogP) is 3.86. The number of carbonyl (C=O) groups excluding carboxylic acids is 2. The lowest BCUT2D eigenvalue weighted by atomic mass is 10.1. The van der Waals surface area contributed by atoms with E-state index in [1.54, 1.807) is 44.3 Å². The Kier molecular flexibility index (Phi) is 5.41. The lowest BCUT2D eigenvalue weighted by Gasteiger charge is -2.16. The first kappa shape index (κ1) is 17.7. The van der Waals surface area contributed by atoms with E-state index in [0.717, 1.165) is 10.0 Å². The third-order valence-electron chi connectivity index (χ3n) is 3.64. The first-order chi connectivity index (χ1) is 11.3. The second-order valence-corrected chi connectivity index (χ2v) is 6.02. The third kappa shape index (κ3) is 3.65. The van der Waals surface area contributed by atoms with Crippen molar-refractivity contribution in [3.05, 3.63) is 64.7 Å². The Bertz CT molecular complexity index is 801. The second kappa shape index (κ2) is 7.31. The molecule has 2 amide bonds. The number of likely N-dealkylation sites (N-methyl/N-ethyl adjacent to an activating group) is 1. The summed E-state index contributed by atoms with van der Waals surface area (Å²) in [5.74, 6) is -0.588. The van der Waals surface area contributed by atoms with Gasteiger partial charge in [-0.2, -0.15) is 0 Å². The van der Waals surface area contributed by atoms with E-state index in [4.69, 9.17) is 0 Å². The molecule has 0 spiro atoms. The average molecular weight is 389 g/mol. The van der Waals surface area contributed by atoms with Crippen LogP contribution in [0.4, 0.5) is 11.4 Å². The molecule has 2 N–H and O–H groups in total. The lowest BCUT2D eigenvalue weighted by Crippen LogP contribution is -2.23. The largest absolute Gasteiger partial charge is 0.506 e. The van der Waals surface area contributed by atoms with Gasteiger partial charge in [-0.05, 0) is 55.0 Å². The van der Waals surface area contributed by atoms with E-state index < -0.39 is 0 Å². The molecular weight excluding hydrogens is 372 g/mol. The molecule has 0 heterocycles. The van der Waals surface area contributed by atoms with Crippen LogP contribution in [0, 0.1) is 6.92 Å². The molecule has 0 bridgehead atoms. The molecule has 2 aromatic carbocycles. The highest BCUT2D eigenvalue weighted by atomic mass is 79.9. The summed E-state index contributed by atoms with van der Waals surface area (Å²) < 4.78 is 0.788. The number of aromatic hydroxyl groups is 1. The molecule has 124 valence electrons. The third-order valence-corrected chi connectivity index (χ3v) is 4.50. The van der Waals surface area contributed by atoms with Gasteiger partial charge in [0.15, 0.2) is 0 Å². The van der Waals surface area contributed by atoms with Crippen molar-refractivity contribution < 1.29 is 14.7 Å². The topological polar surface area (TPSA) is 69.6 Å². The van der Waals surface area contributed by atoms with Crippen LogP contribution in [0.25, 0.3) is 0 Å². The van der Waals surface area contributed by atoms with Gasteiger partial charge < -0.3 is 15.3 Å². The van der Waals surface area contributed by atoms with Gasteiger partial charge in [0.1, 0.15) is 5.75 Å². The number of rotatable bonds is 4. The van der Waals surface area contributed by atoms with Gasteiger partial charge in [0, 0.05) is 22.8 Å². The lowest BCUT2D eigenvalue weighted by molar-refractivity contribution is -0.113. The number of carbonyl (C=O) groups is 2. The van der Waals surface area contributed by atoms with Crippen molar-refractivity contribution in [2.75, 3.05) is 17.3 Å². The van der Waals surface area contributed by atoms with Crippen molar-refractivity contribution >= 4 is 39.1 Å². The molecule has 0 atom stereocenters. The van der Waals surface area contributed by atoms with Gasteiger partial charge in [0.2, 0.25) is 5.91 Å². The van der Waals surface area contributed by atoms with Crippen LogP contribution in [0.2, 0.25) is 0 Å². The zero-order valence-electron chi connectivity index (χ0n) is 13.3.